The van der Waals surface area contributed by atoms with Crippen molar-refractivity contribution in [3.05, 3.63) is 88.2 Å². The molecule has 0 bridgehead atoms. The van der Waals surface area contributed by atoms with Crippen LogP contribution in [0.1, 0.15) is 38.9 Å². The molecule has 2 heterocycles. The molecule has 2 aromatic carbocycles. The van der Waals surface area contributed by atoms with E-state index < -0.39 is 12.0 Å². The van der Waals surface area contributed by atoms with Crippen LogP contribution in [0.4, 0.5) is 11.4 Å². The zero-order chi connectivity index (χ0) is 25.8. The van der Waals surface area contributed by atoms with Gasteiger partial charge in [-0.15, -0.1) is 0 Å². The summed E-state index contributed by atoms with van der Waals surface area (Å²) in [5.41, 5.74) is 2.26. The highest BCUT2D eigenvalue weighted by Gasteiger charge is 2.36. The monoisotopic (exact) mass is 506 g/mol. The van der Waals surface area contributed by atoms with Gasteiger partial charge in [0, 0.05) is 36.8 Å². The van der Waals surface area contributed by atoms with Crippen LogP contribution in [0.5, 0.6) is 0 Å². The second kappa shape index (κ2) is 10.6. The number of nitrogens with zero attached hydrogens (tertiary/aromatic N) is 2. The van der Waals surface area contributed by atoms with Crippen molar-refractivity contribution in [1.82, 2.24) is 9.88 Å². The van der Waals surface area contributed by atoms with Crippen molar-refractivity contribution in [2.24, 2.45) is 0 Å². The molecule has 36 heavy (non-hydrogen) atoms. The number of pyridine rings is 1. The van der Waals surface area contributed by atoms with Gasteiger partial charge in [0.2, 0.25) is 11.8 Å². The van der Waals surface area contributed by atoms with E-state index in [9.17, 15) is 19.2 Å². The van der Waals surface area contributed by atoms with Crippen LogP contribution in [0.25, 0.3) is 0 Å². The fraction of sp³-hybridized carbons (Fsp3) is 0.192. The number of fused-ring (bicyclic) bond motifs is 1. The van der Waals surface area contributed by atoms with Crippen molar-refractivity contribution < 1.29 is 23.9 Å². The molecule has 3 amide bonds. The number of anilines is 2. The molecular weight excluding hydrogens is 484 g/mol. The molecule has 1 aliphatic heterocycles. The maximum atomic E-state index is 13.7. The van der Waals surface area contributed by atoms with E-state index in [1.165, 1.54) is 31.1 Å². The summed E-state index contributed by atoms with van der Waals surface area (Å²) in [4.78, 5) is 56.7. The van der Waals surface area contributed by atoms with Gasteiger partial charge in [-0.2, -0.15) is 0 Å². The Morgan fingerprint density at radius 3 is 2.64 bits per heavy atom. The van der Waals surface area contributed by atoms with E-state index in [1.54, 1.807) is 42.6 Å². The number of nitrogens with one attached hydrogen (secondary N) is 2. The Kier molecular flexibility index (Phi) is 7.30. The van der Waals surface area contributed by atoms with Crippen molar-refractivity contribution in [3.63, 3.8) is 0 Å². The molecule has 4 rings (SSSR count). The molecule has 1 aromatic heterocycles. The summed E-state index contributed by atoms with van der Waals surface area (Å²) < 4.78 is 4.80. The lowest BCUT2D eigenvalue weighted by molar-refractivity contribution is -0.120. The molecule has 0 spiro atoms. The number of carbonyl (C=O) groups excluding carboxylic acids is 4. The van der Waals surface area contributed by atoms with E-state index in [2.05, 4.69) is 15.6 Å². The largest absolute Gasteiger partial charge is 0.465 e. The van der Waals surface area contributed by atoms with Crippen molar-refractivity contribution >= 4 is 46.7 Å². The topological polar surface area (TPSA) is 118 Å². The first-order valence-corrected chi connectivity index (χ1v) is 11.4. The SMILES string of the molecule is COC(=O)c1ccc(CN2C(=O)c3ccc(Cl)cc3NC(=O)C2Cc2ccccn2)cc1NC(C)=O. The number of rotatable bonds is 6. The molecule has 3 aromatic rings. The second-order valence-corrected chi connectivity index (χ2v) is 8.64. The number of halogens is 1. The number of methoxy groups -OCH3 is 1. The molecule has 1 unspecified atom stereocenters. The highest BCUT2D eigenvalue weighted by atomic mass is 35.5. The van der Waals surface area contributed by atoms with Crippen LogP contribution in [-0.4, -0.2) is 46.7 Å². The summed E-state index contributed by atoms with van der Waals surface area (Å²) in [7, 11) is 1.24. The Labute approximate surface area is 212 Å². The molecule has 184 valence electrons. The van der Waals surface area contributed by atoms with E-state index >= 15 is 0 Å². The average Bonchev–Trinajstić information content (AvgIpc) is 2.94. The summed E-state index contributed by atoms with van der Waals surface area (Å²) >= 11 is 6.11. The Morgan fingerprint density at radius 1 is 1.14 bits per heavy atom. The van der Waals surface area contributed by atoms with E-state index in [1.807, 2.05) is 6.07 Å². The minimum absolute atomic E-state index is 0.0276. The van der Waals surface area contributed by atoms with Crippen LogP contribution in [0.3, 0.4) is 0 Å². The van der Waals surface area contributed by atoms with Gasteiger partial charge in [-0.25, -0.2) is 4.79 Å². The highest BCUT2D eigenvalue weighted by Crippen LogP contribution is 2.29. The summed E-state index contributed by atoms with van der Waals surface area (Å²) in [5.74, 6) is -1.75. The minimum atomic E-state index is -0.886. The molecule has 1 atom stereocenters. The van der Waals surface area contributed by atoms with Crippen LogP contribution in [0.2, 0.25) is 5.02 Å². The average molecular weight is 507 g/mol. The molecule has 0 aliphatic carbocycles. The van der Waals surface area contributed by atoms with E-state index in [0.29, 0.717) is 27.5 Å². The maximum Gasteiger partial charge on any atom is 0.339 e. The number of amides is 3. The third-order valence-corrected chi connectivity index (χ3v) is 5.93. The fourth-order valence-electron chi connectivity index (χ4n) is 4.03. The number of hydrogen-bond acceptors (Lipinski definition) is 6. The second-order valence-electron chi connectivity index (χ2n) is 8.21. The Morgan fingerprint density at radius 2 is 1.94 bits per heavy atom. The Hall–Kier alpha value is -4.24. The minimum Gasteiger partial charge on any atom is -0.465 e. The molecule has 1 aliphatic rings. The van der Waals surface area contributed by atoms with Crippen molar-refractivity contribution in [1.29, 1.82) is 0 Å². The molecule has 10 heteroatoms. The zero-order valence-corrected chi connectivity index (χ0v) is 20.3. The number of aromatic nitrogens is 1. The first-order chi connectivity index (χ1) is 17.3. The van der Waals surface area contributed by atoms with Gasteiger partial charge < -0.3 is 20.3 Å². The molecule has 2 N–H and O–H groups in total. The first-order valence-electron chi connectivity index (χ1n) is 11.1. The van der Waals surface area contributed by atoms with Gasteiger partial charge in [0.15, 0.2) is 0 Å². The Balaban J connectivity index is 1.76. The normalized spacial score (nSPS) is 15.0. The summed E-state index contributed by atoms with van der Waals surface area (Å²) in [6, 6.07) is 13.9. The third-order valence-electron chi connectivity index (χ3n) is 5.69. The van der Waals surface area contributed by atoms with Gasteiger partial charge in [0.1, 0.15) is 6.04 Å². The molecular formula is C26H23ClN4O5. The Bertz CT molecular complexity index is 1350. The number of hydrogen-bond donors (Lipinski definition) is 2. The smallest absolute Gasteiger partial charge is 0.339 e. The van der Waals surface area contributed by atoms with Crippen LogP contribution < -0.4 is 10.6 Å². The van der Waals surface area contributed by atoms with Gasteiger partial charge in [0.25, 0.3) is 5.91 Å². The van der Waals surface area contributed by atoms with Gasteiger partial charge in [-0.1, -0.05) is 23.7 Å². The summed E-state index contributed by atoms with van der Waals surface area (Å²) in [6.45, 7) is 1.35. The quantitative estimate of drug-likeness (QED) is 0.492. The van der Waals surface area contributed by atoms with Crippen molar-refractivity contribution in [2.75, 3.05) is 17.7 Å². The van der Waals surface area contributed by atoms with Crippen molar-refractivity contribution in [2.45, 2.75) is 25.9 Å². The predicted octanol–water partition coefficient (Wildman–Crippen LogP) is 3.69. The van der Waals surface area contributed by atoms with Crippen LogP contribution in [0, 0.1) is 0 Å². The third kappa shape index (κ3) is 5.36. The van der Waals surface area contributed by atoms with Crippen LogP contribution in [-0.2, 0) is 27.3 Å². The van der Waals surface area contributed by atoms with Gasteiger partial charge in [0.05, 0.1) is 29.6 Å². The lowest BCUT2D eigenvalue weighted by atomic mass is 10.0. The number of carbonyl (C=O) groups is 4. The summed E-state index contributed by atoms with van der Waals surface area (Å²) in [6.07, 6.45) is 1.80. The molecule has 0 saturated heterocycles. The van der Waals surface area contributed by atoms with Gasteiger partial charge >= 0.3 is 5.97 Å². The van der Waals surface area contributed by atoms with Crippen LogP contribution in [0.15, 0.2) is 60.8 Å². The van der Waals surface area contributed by atoms with Gasteiger partial charge in [-0.05, 0) is 48.0 Å². The molecule has 0 fully saturated rings. The van der Waals surface area contributed by atoms with Crippen LogP contribution >= 0.6 is 11.6 Å². The van der Waals surface area contributed by atoms with E-state index in [-0.39, 0.29) is 41.9 Å². The molecule has 0 radical (unpaired) electrons. The maximum absolute atomic E-state index is 13.7. The van der Waals surface area contributed by atoms with E-state index in [0.717, 1.165) is 0 Å². The van der Waals surface area contributed by atoms with Crippen molar-refractivity contribution in [3.8, 4) is 0 Å². The zero-order valence-electron chi connectivity index (χ0n) is 19.6. The lowest BCUT2D eigenvalue weighted by Crippen LogP contribution is -2.46. The van der Waals surface area contributed by atoms with E-state index in [4.69, 9.17) is 16.3 Å². The number of esters is 1. The fourth-order valence-corrected chi connectivity index (χ4v) is 4.20. The predicted molar refractivity (Wildman–Crippen MR) is 134 cm³/mol. The standard InChI is InChI=1S/C26H23ClN4O5/c1-15(32)29-21-11-16(6-8-20(21)26(35)36-2)14-31-23(13-18-5-3-4-10-28-18)24(33)30-22-12-17(27)7-9-19(22)25(31)34/h3-12,23H,13-14H2,1-2H3,(H,29,32)(H,30,33). The number of benzene rings is 2. The summed E-state index contributed by atoms with van der Waals surface area (Å²) in [5, 5.41) is 5.83. The highest BCUT2D eigenvalue weighted by molar-refractivity contribution is 6.31. The molecule has 0 saturated carbocycles. The van der Waals surface area contributed by atoms with Gasteiger partial charge in [-0.3, -0.25) is 19.4 Å². The lowest BCUT2D eigenvalue weighted by Gasteiger charge is -2.29. The number of ether oxygens (including phenoxy) is 1. The first kappa shape index (κ1) is 24.9. The molecule has 9 nitrogen and oxygen atoms in total.